The first-order chi connectivity index (χ1) is 42.1. The lowest BCUT2D eigenvalue weighted by atomic mass is 9.97. The van der Waals surface area contributed by atoms with Crippen molar-refractivity contribution in [3.63, 3.8) is 0 Å². The molecule has 14 nitrogen and oxygen atoms in total. The predicted octanol–water partition coefficient (Wildman–Crippen LogP) is 14.0. The lowest BCUT2D eigenvalue weighted by molar-refractivity contribution is -0.359. The highest BCUT2D eigenvalue weighted by atomic mass is 16.7. The number of allylic oxidation sites excluding steroid dienone is 14. The highest BCUT2D eigenvalue weighted by Gasteiger charge is 2.51. The van der Waals surface area contributed by atoms with Crippen molar-refractivity contribution >= 4 is 5.91 Å². The van der Waals surface area contributed by atoms with E-state index in [2.05, 4.69) is 104 Å². The van der Waals surface area contributed by atoms with E-state index < -0.39 is 86.8 Å². The summed E-state index contributed by atoms with van der Waals surface area (Å²) in [6.45, 7) is 2.76. The molecular weight excluding hydrogens is 1090 g/mol. The Hall–Kier alpha value is -2.83. The van der Waals surface area contributed by atoms with Crippen LogP contribution >= 0.6 is 0 Å². The van der Waals surface area contributed by atoms with Crippen molar-refractivity contribution in [3.05, 3.63) is 85.1 Å². The number of unbranched alkanes of at least 4 members (excludes halogenated alkanes) is 29. The fourth-order valence-corrected chi connectivity index (χ4v) is 11.1. The van der Waals surface area contributed by atoms with E-state index in [-0.39, 0.29) is 18.9 Å². The second kappa shape index (κ2) is 56.2. The Balaban J connectivity index is 1.70. The lowest BCUT2D eigenvalue weighted by Crippen LogP contribution is -2.65. The fraction of sp³-hybridized carbons (Fsp3) is 0.792. The van der Waals surface area contributed by atoms with Crippen molar-refractivity contribution in [2.24, 2.45) is 0 Å². The Morgan fingerprint density at radius 1 is 0.430 bits per heavy atom. The number of aliphatic hydroxyl groups excluding tert-OH is 8. The Kier molecular flexibility index (Phi) is 51.8. The van der Waals surface area contributed by atoms with Gasteiger partial charge in [-0.15, -0.1) is 0 Å². The smallest absolute Gasteiger partial charge is 0.220 e. The van der Waals surface area contributed by atoms with Gasteiger partial charge in [0.1, 0.15) is 48.8 Å². The maximum atomic E-state index is 13.3. The van der Waals surface area contributed by atoms with Crippen LogP contribution in [-0.4, -0.2) is 140 Å². The van der Waals surface area contributed by atoms with E-state index in [9.17, 15) is 45.6 Å². The second-order valence-electron chi connectivity index (χ2n) is 24.3. The number of nitrogens with one attached hydrogen (secondary N) is 1. The van der Waals surface area contributed by atoms with Gasteiger partial charge in [-0.25, -0.2) is 0 Å². The zero-order valence-electron chi connectivity index (χ0n) is 54.0. The largest absolute Gasteiger partial charge is 0.394 e. The molecule has 0 aliphatic carbocycles. The van der Waals surface area contributed by atoms with Crippen molar-refractivity contribution in [3.8, 4) is 0 Å². The van der Waals surface area contributed by atoms with Crippen LogP contribution in [0.5, 0.6) is 0 Å². The molecule has 2 aliphatic rings. The summed E-state index contributed by atoms with van der Waals surface area (Å²) in [6.07, 6.45) is 60.1. The van der Waals surface area contributed by atoms with E-state index in [1.165, 1.54) is 135 Å². The minimum Gasteiger partial charge on any atom is -0.394 e. The van der Waals surface area contributed by atoms with Crippen LogP contribution in [0.1, 0.15) is 271 Å². The second-order valence-corrected chi connectivity index (χ2v) is 24.3. The molecule has 0 aromatic carbocycles. The molecule has 498 valence electrons. The molecule has 2 saturated heterocycles. The number of hydrogen-bond donors (Lipinski definition) is 9. The van der Waals surface area contributed by atoms with Gasteiger partial charge in [-0.2, -0.15) is 0 Å². The van der Waals surface area contributed by atoms with Gasteiger partial charge in [-0.05, 0) is 70.6 Å². The molecule has 14 heteroatoms. The summed E-state index contributed by atoms with van der Waals surface area (Å²) in [6, 6.07) is -0.847. The van der Waals surface area contributed by atoms with Gasteiger partial charge in [0.15, 0.2) is 12.6 Å². The SMILES string of the molecule is CC/C=C\C/C=C\C/C=C\C/C=C\C/C=C\C/C=C\C/C=C\CCCCCCCC(=O)NC(COC1OC(CO)C(OC2OC(CO)C(O)C(O)C2O)C(O)C1O)C(O)CCCCCCCCCCCCCCCCCCCCCCCCCCC. The maximum Gasteiger partial charge on any atom is 0.220 e. The molecular formula is C72H127NO13. The van der Waals surface area contributed by atoms with Crippen LogP contribution in [0.25, 0.3) is 0 Å². The molecule has 12 atom stereocenters. The highest BCUT2D eigenvalue weighted by molar-refractivity contribution is 5.76. The molecule has 1 amide bonds. The summed E-state index contributed by atoms with van der Waals surface area (Å²) in [5, 5.41) is 87.6. The third kappa shape index (κ3) is 40.0. The molecule has 86 heavy (non-hydrogen) atoms. The van der Waals surface area contributed by atoms with Crippen molar-refractivity contribution in [1.82, 2.24) is 5.32 Å². The highest BCUT2D eigenvalue weighted by Crippen LogP contribution is 2.30. The number of amides is 1. The van der Waals surface area contributed by atoms with Crippen molar-refractivity contribution < 1.29 is 64.6 Å². The summed E-state index contributed by atoms with van der Waals surface area (Å²) in [4.78, 5) is 13.3. The van der Waals surface area contributed by atoms with Gasteiger partial charge in [0.2, 0.25) is 5.91 Å². The van der Waals surface area contributed by atoms with E-state index in [4.69, 9.17) is 18.9 Å². The van der Waals surface area contributed by atoms with E-state index in [1.807, 2.05) is 0 Å². The Labute approximate surface area is 522 Å². The summed E-state index contributed by atoms with van der Waals surface area (Å²) in [5.41, 5.74) is 0. The molecule has 2 heterocycles. The molecule has 9 N–H and O–H groups in total. The van der Waals surface area contributed by atoms with Crippen LogP contribution in [0.4, 0.5) is 0 Å². The van der Waals surface area contributed by atoms with Crippen molar-refractivity contribution in [1.29, 1.82) is 0 Å². The average molecular weight is 1210 g/mol. The summed E-state index contributed by atoms with van der Waals surface area (Å²) in [7, 11) is 0. The van der Waals surface area contributed by atoms with Gasteiger partial charge < -0.3 is 65.1 Å². The summed E-state index contributed by atoms with van der Waals surface area (Å²) >= 11 is 0. The molecule has 0 aromatic rings. The first-order valence-corrected chi connectivity index (χ1v) is 34.8. The third-order valence-corrected chi connectivity index (χ3v) is 16.6. The molecule has 0 saturated carbocycles. The van der Waals surface area contributed by atoms with Crippen molar-refractivity contribution in [2.45, 2.75) is 344 Å². The van der Waals surface area contributed by atoms with Crippen LogP contribution in [0, 0.1) is 0 Å². The summed E-state index contributed by atoms with van der Waals surface area (Å²) < 4.78 is 22.9. The average Bonchev–Trinajstić information content (AvgIpc) is 2.53. The van der Waals surface area contributed by atoms with E-state index >= 15 is 0 Å². The summed E-state index contributed by atoms with van der Waals surface area (Å²) in [5.74, 6) is -0.226. The van der Waals surface area contributed by atoms with Gasteiger partial charge in [-0.1, -0.05) is 279 Å². The quantitative estimate of drug-likeness (QED) is 0.0204. The first kappa shape index (κ1) is 79.3. The topological polar surface area (TPSA) is 228 Å². The molecule has 2 aliphatic heterocycles. The molecule has 0 radical (unpaired) electrons. The van der Waals surface area contributed by atoms with Gasteiger partial charge in [0, 0.05) is 6.42 Å². The zero-order chi connectivity index (χ0) is 62.3. The molecule has 12 unspecified atom stereocenters. The minimum atomic E-state index is -1.79. The zero-order valence-corrected chi connectivity index (χ0v) is 54.0. The monoisotopic (exact) mass is 1210 g/mol. The molecule has 0 aromatic heterocycles. The van der Waals surface area contributed by atoms with Gasteiger partial charge in [0.05, 0.1) is 32.0 Å². The minimum absolute atomic E-state index is 0.226. The molecule has 0 bridgehead atoms. The Morgan fingerprint density at radius 2 is 0.802 bits per heavy atom. The van der Waals surface area contributed by atoms with Crippen LogP contribution < -0.4 is 5.32 Å². The number of rotatable bonds is 56. The molecule has 2 fully saturated rings. The van der Waals surface area contributed by atoms with Gasteiger partial charge in [0.25, 0.3) is 0 Å². The number of carbonyl (C=O) groups excluding carboxylic acids is 1. The first-order valence-electron chi connectivity index (χ1n) is 34.8. The van der Waals surface area contributed by atoms with Gasteiger partial charge in [-0.3, -0.25) is 4.79 Å². The third-order valence-electron chi connectivity index (χ3n) is 16.6. The number of hydrogen-bond acceptors (Lipinski definition) is 13. The number of aliphatic hydroxyl groups is 8. The Bertz CT molecular complexity index is 1770. The van der Waals surface area contributed by atoms with Crippen LogP contribution in [0.3, 0.4) is 0 Å². The van der Waals surface area contributed by atoms with Crippen LogP contribution in [0.2, 0.25) is 0 Å². The van der Waals surface area contributed by atoms with Crippen molar-refractivity contribution in [2.75, 3.05) is 19.8 Å². The number of carbonyl (C=O) groups is 1. The van der Waals surface area contributed by atoms with Gasteiger partial charge >= 0.3 is 0 Å². The number of ether oxygens (including phenoxy) is 4. The van der Waals surface area contributed by atoms with E-state index in [0.29, 0.717) is 12.8 Å². The molecule has 2 rings (SSSR count). The lowest BCUT2D eigenvalue weighted by Gasteiger charge is -2.46. The predicted molar refractivity (Wildman–Crippen MR) is 350 cm³/mol. The Morgan fingerprint density at radius 3 is 1.23 bits per heavy atom. The van der Waals surface area contributed by atoms with Crippen LogP contribution in [-0.2, 0) is 23.7 Å². The maximum absolute atomic E-state index is 13.3. The molecule has 0 spiro atoms. The standard InChI is InChI=1S/C72H127NO13/c1-3-5-7-9-11-13-15-17-19-21-23-25-27-29-30-32-34-36-38-40-42-44-46-48-50-52-54-56-64(77)73-60(59-83-71-69(82)67(80)70(63(58-75)85-71)86-72-68(81)66(79)65(78)62(57-74)84-72)61(76)55-53-51-49-47-45-43-41-39-37-35-33-31-28-26-24-22-20-18-16-14-12-10-8-6-4-2/h5,7,11,13,17,19,23,25,29-30,34,36,40,42,60-63,65-72,74-76,78-82H,3-4,6,8-10,12,14-16,18,20-22,24,26-28,31-33,35,37-39,41,43-59H2,1-2H3,(H,73,77)/b7-5-,13-11-,19-17-,25-23-,30-29-,36-34-,42-40-. The van der Waals surface area contributed by atoms with Crippen LogP contribution in [0.15, 0.2) is 85.1 Å². The normalized spacial score (nSPS) is 23.9. The van der Waals surface area contributed by atoms with E-state index in [0.717, 1.165) is 103 Å². The fourth-order valence-electron chi connectivity index (χ4n) is 11.1. The van der Waals surface area contributed by atoms with E-state index in [1.54, 1.807) is 0 Å².